The first-order chi connectivity index (χ1) is 5.34. The molecule has 3 heteroatoms. The van der Waals surface area contributed by atoms with E-state index in [-0.39, 0.29) is 0 Å². The fraction of sp³-hybridized carbons (Fsp3) is 0.125. The van der Waals surface area contributed by atoms with Crippen LogP contribution >= 0.6 is 0 Å². The van der Waals surface area contributed by atoms with Gasteiger partial charge < -0.3 is 0 Å². The number of rotatable bonds is 3. The second-order valence-electron chi connectivity index (χ2n) is 2.03. The third kappa shape index (κ3) is 2.05. The lowest BCUT2D eigenvalue weighted by Crippen LogP contribution is -2.08. The molecule has 1 heterocycles. The summed E-state index contributed by atoms with van der Waals surface area (Å²) in [7, 11) is 1.54. The van der Waals surface area contributed by atoms with Crippen LogP contribution in [0.2, 0.25) is 0 Å². The van der Waals surface area contributed by atoms with Gasteiger partial charge in [-0.05, 0) is 12.1 Å². The number of nitrogens with zero attached hydrogens (tertiary/aromatic N) is 1. The Labute approximate surface area is 65.7 Å². The highest BCUT2D eigenvalue weighted by Gasteiger charge is 1.94. The van der Waals surface area contributed by atoms with Crippen LogP contribution < -0.4 is 5.48 Å². The minimum Gasteiger partial charge on any atom is -0.279 e. The SMILES string of the molecule is C=C(NOC)c1cccnc1. The van der Waals surface area contributed by atoms with Gasteiger partial charge >= 0.3 is 0 Å². The Morgan fingerprint density at radius 3 is 3.09 bits per heavy atom. The average Bonchev–Trinajstić information content (AvgIpc) is 2.07. The molecule has 0 saturated heterocycles. The van der Waals surface area contributed by atoms with Crippen molar-refractivity contribution in [3.8, 4) is 0 Å². The molecule has 0 atom stereocenters. The lowest BCUT2D eigenvalue weighted by atomic mass is 10.2. The Hall–Kier alpha value is -1.35. The Kier molecular flexibility index (Phi) is 2.63. The number of pyridine rings is 1. The smallest absolute Gasteiger partial charge is 0.0636 e. The molecule has 3 nitrogen and oxygen atoms in total. The van der Waals surface area contributed by atoms with Crippen LogP contribution in [-0.4, -0.2) is 12.1 Å². The molecule has 1 aromatic rings. The van der Waals surface area contributed by atoms with E-state index >= 15 is 0 Å². The van der Waals surface area contributed by atoms with E-state index in [2.05, 4.69) is 21.9 Å². The highest BCUT2D eigenvalue weighted by atomic mass is 16.6. The number of hydroxylamine groups is 1. The molecule has 0 unspecified atom stereocenters. The van der Waals surface area contributed by atoms with Crippen molar-refractivity contribution in [2.75, 3.05) is 7.11 Å². The minimum absolute atomic E-state index is 0.709. The minimum atomic E-state index is 0.709. The molecule has 0 aromatic carbocycles. The van der Waals surface area contributed by atoms with Crippen molar-refractivity contribution >= 4 is 5.70 Å². The summed E-state index contributed by atoms with van der Waals surface area (Å²) in [5, 5.41) is 0. The third-order valence-electron chi connectivity index (χ3n) is 1.24. The zero-order valence-corrected chi connectivity index (χ0v) is 6.37. The van der Waals surface area contributed by atoms with Gasteiger partial charge in [0.15, 0.2) is 0 Å². The maximum Gasteiger partial charge on any atom is 0.0636 e. The quantitative estimate of drug-likeness (QED) is 0.657. The van der Waals surface area contributed by atoms with Crippen molar-refractivity contribution in [1.29, 1.82) is 0 Å². The van der Waals surface area contributed by atoms with Crippen molar-refractivity contribution in [1.82, 2.24) is 10.5 Å². The van der Waals surface area contributed by atoms with Gasteiger partial charge in [0.1, 0.15) is 0 Å². The number of hydrogen-bond donors (Lipinski definition) is 1. The Morgan fingerprint density at radius 1 is 1.73 bits per heavy atom. The molecule has 0 fully saturated rings. The van der Waals surface area contributed by atoms with E-state index in [1.54, 1.807) is 19.5 Å². The monoisotopic (exact) mass is 150 g/mol. The van der Waals surface area contributed by atoms with Crippen molar-refractivity contribution < 1.29 is 4.84 Å². The van der Waals surface area contributed by atoms with E-state index in [0.29, 0.717) is 5.70 Å². The van der Waals surface area contributed by atoms with Crippen LogP contribution in [0.4, 0.5) is 0 Å². The normalized spacial score (nSPS) is 9.18. The van der Waals surface area contributed by atoms with E-state index < -0.39 is 0 Å². The molecule has 0 aliphatic heterocycles. The molecular formula is C8H10N2O. The molecule has 1 N–H and O–H groups in total. The average molecular weight is 150 g/mol. The molecule has 1 aromatic heterocycles. The molecule has 0 bridgehead atoms. The lowest BCUT2D eigenvalue weighted by Gasteiger charge is -2.04. The molecule has 0 saturated carbocycles. The van der Waals surface area contributed by atoms with Gasteiger partial charge in [0.25, 0.3) is 0 Å². The number of aromatic nitrogens is 1. The van der Waals surface area contributed by atoms with Crippen LogP contribution in [0.3, 0.4) is 0 Å². The van der Waals surface area contributed by atoms with Crippen LogP contribution in [0.1, 0.15) is 5.56 Å². The van der Waals surface area contributed by atoms with Crippen molar-refractivity contribution in [3.63, 3.8) is 0 Å². The van der Waals surface area contributed by atoms with Crippen molar-refractivity contribution in [2.24, 2.45) is 0 Å². The Balaban J connectivity index is 2.69. The fourth-order valence-corrected chi connectivity index (χ4v) is 0.723. The third-order valence-corrected chi connectivity index (χ3v) is 1.24. The number of hydrogen-bond acceptors (Lipinski definition) is 3. The standard InChI is InChI=1S/C8H10N2O/c1-7(10-11-2)8-4-3-5-9-6-8/h3-6,10H,1H2,2H3. The van der Waals surface area contributed by atoms with Gasteiger partial charge in [-0.25, -0.2) is 0 Å². The Morgan fingerprint density at radius 2 is 2.55 bits per heavy atom. The number of nitrogens with one attached hydrogen (secondary N) is 1. The molecule has 0 amide bonds. The van der Waals surface area contributed by atoms with E-state index in [0.717, 1.165) is 5.56 Å². The second kappa shape index (κ2) is 3.73. The first kappa shape index (κ1) is 7.75. The van der Waals surface area contributed by atoms with Gasteiger partial charge in [0.05, 0.1) is 12.8 Å². The maximum atomic E-state index is 4.68. The zero-order chi connectivity index (χ0) is 8.10. The van der Waals surface area contributed by atoms with Gasteiger partial charge in [0, 0.05) is 18.0 Å². The zero-order valence-electron chi connectivity index (χ0n) is 6.37. The topological polar surface area (TPSA) is 34.1 Å². The van der Waals surface area contributed by atoms with E-state index in [9.17, 15) is 0 Å². The first-order valence-corrected chi connectivity index (χ1v) is 3.23. The van der Waals surface area contributed by atoms with E-state index in [1.807, 2.05) is 12.1 Å². The molecule has 0 radical (unpaired) electrons. The molecule has 58 valence electrons. The summed E-state index contributed by atoms with van der Waals surface area (Å²) in [6.45, 7) is 3.74. The van der Waals surface area contributed by atoms with Gasteiger partial charge in [-0.1, -0.05) is 6.58 Å². The summed E-state index contributed by atoms with van der Waals surface area (Å²) in [6, 6.07) is 3.75. The summed E-state index contributed by atoms with van der Waals surface area (Å²) in [5.74, 6) is 0. The fourth-order valence-electron chi connectivity index (χ4n) is 0.723. The molecular weight excluding hydrogens is 140 g/mol. The van der Waals surface area contributed by atoms with Gasteiger partial charge in [-0.15, -0.1) is 0 Å². The predicted octanol–water partition coefficient (Wildman–Crippen LogP) is 1.20. The van der Waals surface area contributed by atoms with Crippen LogP contribution in [0.5, 0.6) is 0 Å². The molecule has 0 aliphatic rings. The Bertz CT molecular complexity index is 233. The largest absolute Gasteiger partial charge is 0.279 e. The summed E-state index contributed by atoms with van der Waals surface area (Å²) >= 11 is 0. The summed E-state index contributed by atoms with van der Waals surface area (Å²) < 4.78 is 0. The van der Waals surface area contributed by atoms with E-state index in [4.69, 9.17) is 0 Å². The molecule has 11 heavy (non-hydrogen) atoms. The molecule has 0 aliphatic carbocycles. The van der Waals surface area contributed by atoms with Gasteiger partial charge in [-0.3, -0.25) is 15.3 Å². The van der Waals surface area contributed by atoms with E-state index in [1.165, 1.54) is 0 Å². The summed E-state index contributed by atoms with van der Waals surface area (Å²) in [6.07, 6.45) is 3.43. The van der Waals surface area contributed by atoms with Crippen LogP contribution in [0, 0.1) is 0 Å². The van der Waals surface area contributed by atoms with Crippen molar-refractivity contribution in [2.45, 2.75) is 0 Å². The van der Waals surface area contributed by atoms with Gasteiger partial charge in [0.2, 0.25) is 0 Å². The summed E-state index contributed by atoms with van der Waals surface area (Å²) in [4.78, 5) is 8.61. The highest BCUT2D eigenvalue weighted by molar-refractivity contribution is 5.59. The second-order valence-corrected chi connectivity index (χ2v) is 2.03. The van der Waals surface area contributed by atoms with Crippen LogP contribution in [0.25, 0.3) is 5.70 Å². The van der Waals surface area contributed by atoms with Crippen LogP contribution in [-0.2, 0) is 4.84 Å². The lowest BCUT2D eigenvalue weighted by molar-refractivity contribution is 0.137. The summed E-state index contributed by atoms with van der Waals surface area (Å²) in [5.41, 5.74) is 4.26. The maximum absolute atomic E-state index is 4.68. The highest BCUT2D eigenvalue weighted by Crippen LogP contribution is 2.05. The van der Waals surface area contributed by atoms with Crippen molar-refractivity contribution in [3.05, 3.63) is 36.7 Å². The predicted molar refractivity (Wildman–Crippen MR) is 43.4 cm³/mol. The first-order valence-electron chi connectivity index (χ1n) is 3.23. The van der Waals surface area contributed by atoms with Gasteiger partial charge in [-0.2, -0.15) is 0 Å². The van der Waals surface area contributed by atoms with Crippen LogP contribution in [0.15, 0.2) is 31.1 Å². The molecule has 1 rings (SSSR count). The molecule has 0 spiro atoms.